The van der Waals surface area contributed by atoms with Gasteiger partial charge in [-0.3, -0.25) is 10.3 Å². The second-order valence-corrected chi connectivity index (χ2v) is 9.12. The van der Waals surface area contributed by atoms with Crippen LogP contribution in [0.2, 0.25) is 0 Å². The van der Waals surface area contributed by atoms with Crippen LogP contribution in [-0.2, 0) is 9.47 Å². The topological polar surface area (TPSA) is 155 Å². The molecule has 4 aromatic heterocycles. The lowest BCUT2D eigenvalue weighted by Gasteiger charge is -2.17. The molecule has 0 aliphatic carbocycles. The lowest BCUT2D eigenvalue weighted by Crippen LogP contribution is -2.29. The van der Waals surface area contributed by atoms with E-state index in [1.54, 1.807) is 50.4 Å². The van der Waals surface area contributed by atoms with Crippen molar-refractivity contribution in [2.45, 2.75) is 20.8 Å². The molecule has 13 heteroatoms. The third-order valence-corrected chi connectivity index (χ3v) is 6.46. The molecule has 0 aliphatic rings. The molecular formula is C28H28N6O6S. The minimum absolute atomic E-state index is 0.00311. The number of rotatable bonds is 10. The zero-order valence-electron chi connectivity index (χ0n) is 22.9. The van der Waals surface area contributed by atoms with Gasteiger partial charge in [0.2, 0.25) is 5.88 Å². The SMILES string of the molecule is CCNC(=O)Nc1ncc(-c2cncc(C(=O)OCC)c2)c(-c2nc(-c3cccc(OC)n3)cs2)c1C(=O)OCC. The fraction of sp³-hybridized carbons (Fsp3) is 0.250. The number of esters is 2. The Balaban J connectivity index is 1.96. The van der Waals surface area contributed by atoms with Crippen LogP contribution in [0, 0.1) is 0 Å². The van der Waals surface area contributed by atoms with Crippen molar-refractivity contribution in [3.05, 3.63) is 59.4 Å². The smallest absolute Gasteiger partial charge is 0.342 e. The van der Waals surface area contributed by atoms with Crippen molar-refractivity contribution in [3.8, 4) is 39.0 Å². The van der Waals surface area contributed by atoms with Gasteiger partial charge in [0, 0.05) is 53.3 Å². The van der Waals surface area contributed by atoms with Crippen LogP contribution in [0.25, 0.3) is 33.1 Å². The maximum atomic E-state index is 13.4. The molecule has 0 saturated carbocycles. The van der Waals surface area contributed by atoms with E-state index in [-0.39, 0.29) is 30.2 Å². The zero-order chi connectivity index (χ0) is 29.4. The number of methoxy groups -OCH3 is 1. The molecule has 0 unspecified atom stereocenters. The van der Waals surface area contributed by atoms with Crippen LogP contribution in [0.5, 0.6) is 5.88 Å². The van der Waals surface area contributed by atoms with E-state index in [0.717, 1.165) is 0 Å². The fourth-order valence-electron chi connectivity index (χ4n) is 3.85. The Kier molecular flexibility index (Phi) is 9.53. The van der Waals surface area contributed by atoms with E-state index in [2.05, 4.69) is 25.6 Å². The Morgan fingerprint density at radius 3 is 2.46 bits per heavy atom. The third-order valence-electron chi connectivity index (χ3n) is 5.60. The Morgan fingerprint density at radius 2 is 1.73 bits per heavy atom. The highest BCUT2D eigenvalue weighted by atomic mass is 32.1. The second kappa shape index (κ2) is 13.4. The molecule has 2 N–H and O–H groups in total. The molecule has 0 atom stereocenters. The molecule has 2 amide bonds. The standard InChI is InChI=1S/C28H28N6O6S/c1-5-30-28(37)34-24-23(27(36)40-7-3)22(25-33-20(15-41-25)19-9-8-10-21(32-19)38-4)18(14-31-24)16-11-17(13-29-12-16)26(35)39-6-2/h8-15H,5-7H2,1-4H3,(H2,30,31,34,37). The lowest BCUT2D eigenvalue weighted by atomic mass is 9.97. The lowest BCUT2D eigenvalue weighted by molar-refractivity contribution is 0.0517. The quantitative estimate of drug-likeness (QED) is 0.251. The number of hydrogen-bond donors (Lipinski definition) is 2. The predicted molar refractivity (Wildman–Crippen MR) is 153 cm³/mol. The summed E-state index contributed by atoms with van der Waals surface area (Å²) in [4.78, 5) is 56.2. The van der Waals surface area contributed by atoms with Crippen LogP contribution in [0.3, 0.4) is 0 Å². The van der Waals surface area contributed by atoms with Crippen LogP contribution in [-0.4, -0.2) is 64.8 Å². The van der Waals surface area contributed by atoms with Crippen LogP contribution in [0.1, 0.15) is 41.5 Å². The van der Waals surface area contributed by atoms with Crippen molar-refractivity contribution in [3.63, 3.8) is 0 Å². The van der Waals surface area contributed by atoms with Crippen molar-refractivity contribution < 1.29 is 28.6 Å². The van der Waals surface area contributed by atoms with Crippen LogP contribution < -0.4 is 15.4 Å². The van der Waals surface area contributed by atoms with E-state index in [0.29, 0.717) is 45.5 Å². The number of thiazole rings is 1. The minimum Gasteiger partial charge on any atom is -0.481 e. The van der Waals surface area contributed by atoms with Crippen molar-refractivity contribution in [2.75, 3.05) is 32.2 Å². The predicted octanol–water partition coefficient (Wildman–Crippen LogP) is 4.83. The van der Waals surface area contributed by atoms with Gasteiger partial charge in [0.05, 0.1) is 31.6 Å². The van der Waals surface area contributed by atoms with Crippen molar-refractivity contribution in [1.29, 1.82) is 0 Å². The molecule has 4 aromatic rings. The van der Waals surface area contributed by atoms with E-state index < -0.39 is 18.0 Å². The second-order valence-electron chi connectivity index (χ2n) is 8.26. The van der Waals surface area contributed by atoms with Crippen molar-refractivity contribution >= 4 is 35.1 Å². The van der Waals surface area contributed by atoms with Gasteiger partial charge in [-0.1, -0.05) is 6.07 Å². The number of pyridine rings is 3. The van der Waals surface area contributed by atoms with Gasteiger partial charge in [0.25, 0.3) is 0 Å². The number of ether oxygens (including phenoxy) is 3. The number of anilines is 1. The summed E-state index contributed by atoms with van der Waals surface area (Å²) in [6, 6.07) is 6.35. The molecule has 4 heterocycles. The number of nitrogens with one attached hydrogen (secondary N) is 2. The summed E-state index contributed by atoms with van der Waals surface area (Å²) in [7, 11) is 1.52. The van der Waals surface area contributed by atoms with Gasteiger partial charge < -0.3 is 19.5 Å². The monoisotopic (exact) mass is 576 g/mol. The number of carbonyl (C=O) groups is 3. The summed E-state index contributed by atoms with van der Waals surface area (Å²) < 4.78 is 15.8. The summed E-state index contributed by atoms with van der Waals surface area (Å²) in [5.74, 6) is -0.852. The molecule has 212 valence electrons. The zero-order valence-corrected chi connectivity index (χ0v) is 23.7. The van der Waals surface area contributed by atoms with E-state index >= 15 is 0 Å². The molecule has 0 fully saturated rings. The highest BCUT2D eigenvalue weighted by Gasteiger charge is 2.28. The summed E-state index contributed by atoms with van der Waals surface area (Å²) in [6.45, 7) is 5.79. The summed E-state index contributed by atoms with van der Waals surface area (Å²) in [5.41, 5.74) is 2.57. The Labute approximate surface area is 240 Å². The largest absolute Gasteiger partial charge is 0.481 e. The summed E-state index contributed by atoms with van der Waals surface area (Å²) in [6.07, 6.45) is 4.41. The maximum Gasteiger partial charge on any atom is 0.342 e. The molecule has 0 bridgehead atoms. The first-order chi connectivity index (χ1) is 19.9. The first-order valence-electron chi connectivity index (χ1n) is 12.7. The van der Waals surface area contributed by atoms with Crippen LogP contribution >= 0.6 is 11.3 Å². The normalized spacial score (nSPS) is 10.5. The number of amides is 2. The van der Waals surface area contributed by atoms with Gasteiger partial charge in [-0.25, -0.2) is 29.3 Å². The summed E-state index contributed by atoms with van der Waals surface area (Å²) >= 11 is 1.26. The first kappa shape index (κ1) is 29.1. The molecule has 4 rings (SSSR count). The molecule has 0 aromatic carbocycles. The number of hydrogen-bond acceptors (Lipinski definition) is 11. The summed E-state index contributed by atoms with van der Waals surface area (Å²) in [5, 5.41) is 7.48. The molecule has 0 aliphatic heterocycles. The van der Waals surface area contributed by atoms with Crippen molar-refractivity contribution in [2.24, 2.45) is 0 Å². The number of urea groups is 1. The number of carbonyl (C=O) groups excluding carboxylic acids is 3. The molecule has 41 heavy (non-hydrogen) atoms. The molecular weight excluding hydrogens is 548 g/mol. The van der Waals surface area contributed by atoms with Crippen LogP contribution in [0.4, 0.5) is 10.6 Å². The Morgan fingerprint density at radius 1 is 0.951 bits per heavy atom. The van der Waals surface area contributed by atoms with E-state index in [1.807, 2.05) is 0 Å². The van der Waals surface area contributed by atoms with E-state index in [9.17, 15) is 14.4 Å². The molecule has 0 radical (unpaired) electrons. The average molecular weight is 577 g/mol. The maximum absolute atomic E-state index is 13.4. The van der Waals surface area contributed by atoms with E-state index in [4.69, 9.17) is 19.2 Å². The molecule has 12 nitrogen and oxygen atoms in total. The highest BCUT2D eigenvalue weighted by Crippen LogP contribution is 2.40. The van der Waals surface area contributed by atoms with Gasteiger partial charge in [-0.2, -0.15) is 0 Å². The average Bonchev–Trinajstić information content (AvgIpc) is 3.47. The molecule has 0 saturated heterocycles. The number of aromatic nitrogens is 4. The molecule has 0 spiro atoms. The van der Waals surface area contributed by atoms with Gasteiger partial charge in [-0.15, -0.1) is 11.3 Å². The third kappa shape index (κ3) is 6.64. The van der Waals surface area contributed by atoms with Gasteiger partial charge in [0.15, 0.2) is 0 Å². The van der Waals surface area contributed by atoms with E-state index in [1.165, 1.54) is 37.0 Å². The van der Waals surface area contributed by atoms with Gasteiger partial charge in [-0.05, 0) is 32.9 Å². The first-order valence-corrected chi connectivity index (χ1v) is 13.6. The van der Waals surface area contributed by atoms with Gasteiger partial charge >= 0.3 is 18.0 Å². The van der Waals surface area contributed by atoms with Crippen LogP contribution in [0.15, 0.2) is 48.2 Å². The number of nitrogens with zero attached hydrogens (tertiary/aromatic N) is 4. The highest BCUT2D eigenvalue weighted by molar-refractivity contribution is 7.13. The van der Waals surface area contributed by atoms with Gasteiger partial charge in [0.1, 0.15) is 22.1 Å². The minimum atomic E-state index is -0.714. The fourth-order valence-corrected chi connectivity index (χ4v) is 4.73. The Hall–Kier alpha value is -4.91. The Bertz CT molecular complexity index is 1570. The van der Waals surface area contributed by atoms with Crippen molar-refractivity contribution in [1.82, 2.24) is 25.3 Å².